The summed E-state index contributed by atoms with van der Waals surface area (Å²) in [7, 11) is 0. The van der Waals surface area contributed by atoms with Gasteiger partial charge in [-0.25, -0.2) is 13.2 Å². The van der Waals surface area contributed by atoms with Gasteiger partial charge >= 0.3 is 0 Å². The fourth-order valence-corrected chi connectivity index (χ4v) is 3.86. The molecule has 0 radical (unpaired) electrons. The molecule has 0 saturated carbocycles. The van der Waals surface area contributed by atoms with Gasteiger partial charge in [0.1, 0.15) is 5.75 Å². The second-order valence-corrected chi connectivity index (χ2v) is 8.57. The smallest absolute Gasteiger partial charge is 0.195 e. The van der Waals surface area contributed by atoms with E-state index in [0.717, 1.165) is 43.2 Å². The number of unbranched alkanes of at least 4 members (excludes halogenated alkanes) is 2. The number of halogens is 3. The van der Waals surface area contributed by atoms with Crippen molar-refractivity contribution in [3.05, 3.63) is 113 Å². The minimum absolute atomic E-state index is 0.0351. The minimum atomic E-state index is -1.46. The van der Waals surface area contributed by atoms with Gasteiger partial charge in [0, 0.05) is 16.5 Å². The first kappa shape index (κ1) is 24.4. The molecule has 0 N–H and O–H groups in total. The third kappa shape index (κ3) is 6.45. The van der Waals surface area contributed by atoms with E-state index >= 15 is 0 Å². The SMILES string of the molecule is CCCCCOc1ccc(CCc2ccc(C#Cc3ccc4c(F)c(F)c(F)cc4c3)cc2)cc1. The predicted octanol–water partition coefficient (Wildman–Crippen LogP) is 8.01. The molecule has 1 nitrogen and oxygen atoms in total. The maximum Gasteiger partial charge on any atom is 0.195 e. The van der Waals surface area contributed by atoms with Crippen LogP contribution in [0.4, 0.5) is 13.2 Å². The standard InChI is InChI=1S/C31H27F3O/c1-2-3-4-19-35-27-16-13-24(14-17-27)10-9-22-5-7-23(8-6-22)11-12-25-15-18-28-26(20-25)21-29(32)31(34)30(28)33/h5-8,13-18,20-21H,2-4,9-10,19H2,1H3. The van der Waals surface area contributed by atoms with Crippen molar-refractivity contribution in [3.8, 4) is 17.6 Å². The molecular weight excluding hydrogens is 445 g/mol. The lowest BCUT2D eigenvalue weighted by atomic mass is 10.0. The third-order valence-corrected chi connectivity index (χ3v) is 5.92. The molecule has 0 fully saturated rings. The molecule has 35 heavy (non-hydrogen) atoms. The van der Waals surface area contributed by atoms with Crippen molar-refractivity contribution in [2.45, 2.75) is 39.0 Å². The Balaban J connectivity index is 1.34. The summed E-state index contributed by atoms with van der Waals surface area (Å²) in [5.41, 5.74) is 3.92. The fraction of sp³-hybridized carbons (Fsp3) is 0.226. The molecule has 178 valence electrons. The molecule has 0 amide bonds. The van der Waals surface area contributed by atoms with Gasteiger partial charge in [-0.05, 0) is 78.2 Å². The molecular formula is C31H27F3O. The molecule has 4 aromatic rings. The van der Waals surface area contributed by atoms with Crippen LogP contribution in [-0.4, -0.2) is 6.61 Å². The second-order valence-electron chi connectivity index (χ2n) is 8.57. The number of ether oxygens (including phenoxy) is 1. The van der Waals surface area contributed by atoms with Crippen LogP contribution in [0.5, 0.6) is 5.75 Å². The summed E-state index contributed by atoms with van der Waals surface area (Å²) >= 11 is 0. The normalized spacial score (nSPS) is 10.7. The van der Waals surface area contributed by atoms with Crippen molar-refractivity contribution in [1.82, 2.24) is 0 Å². The van der Waals surface area contributed by atoms with E-state index in [9.17, 15) is 13.2 Å². The molecule has 0 atom stereocenters. The molecule has 0 unspecified atom stereocenters. The van der Waals surface area contributed by atoms with Gasteiger partial charge in [-0.15, -0.1) is 0 Å². The van der Waals surface area contributed by atoms with Crippen LogP contribution < -0.4 is 4.74 Å². The van der Waals surface area contributed by atoms with E-state index in [4.69, 9.17) is 4.74 Å². The third-order valence-electron chi connectivity index (χ3n) is 5.92. The van der Waals surface area contributed by atoms with Gasteiger partial charge in [0.2, 0.25) is 0 Å². The van der Waals surface area contributed by atoms with Crippen molar-refractivity contribution in [2.24, 2.45) is 0 Å². The van der Waals surface area contributed by atoms with Crippen LogP contribution in [0.25, 0.3) is 10.8 Å². The second kappa shape index (κ2) is 11.6. The average Bonchev–Trinajstić information content (AvgIpc) is 2.88. The summed E-state index contributed by atoms with van der Waals surface area (Å²) in [5, 5.41) is 0.313. The highest BCUT2D eigenvalue weighted by Gasteiger charge is 2.13. The average molecular weight is 473 g/mol. The monoisotopic (exact) mass is 472 g/mol. The van der Waals surface area contributed by atoms with Crippen LogP contribution in [0.1, 0.15) is 48.4 Å². The Hall–Kier alpha value is -3.71. The number of benzene rings is 4. The Labute approximate surface area is 204 Å². The van der Waals surface area contributed by atoms with Gasteiger partial charge in [0.05, 0.1) is 6.61 Å². The summed E-state index contributed by atoms with van der Waals surface area (Å²) in [5.74, 6) is 3.16. The Bertz CT molecular complexity index is 1350. The number of hydrogen-bond acceptors (Lipinski definition) is 1. The van der Waals surface area contributed by atoms with Crippen molar-refractivity contribution in [3.63, 3.8) is 0 Å². The zero-order valence-electron chi connectivity index (χ0n) is 19.7. The molecule has 0 aliphatic rings. The van der Waals surface area contributed by atoms with Crippen LogP contribution in [0.2, 0.25) is 0 Å². The van der Waals surface area contributed by atoms with Gasteiger partial charge in [-0.2, -0.15) is 0 Å². The number of hydrogen-bond donors (Lipinski definition) is 0. The lowest BCUT2D eigenvalue weighted by Gasteiger charge is -2.07. The first-order valence-corrected chi connectivity index (χ1v) is 11.9. The van der Waals surface area contributed by atoms with E-state index in [1.165, 1.54) is 30.0 Å². The molecule has 0 aliphatic heterocycles. The molecule has 0 aromatic heterocycles. The summed E-state index contributed by atoms with van der Waals surface area (Å²) < 4.78 is 46.6. The lowest BCUT2D eigenvalue weighted by molar-refractivity contribution is 0.306. The summed E-state index contributed by atoms with van der Waals surface area (Å²) in [6.07, 6.45) is 5.32. The van der Waals surface area contributed by atoms with Gasteiger partial charge in [-0.3, -0.25) is 0 Å². The van der Waals surface area contributed by atoms with E-state index in [-0.39, 0.29) is 10.8 Å². The summed E-state index contributed by atoms with van der Waals surface area (Å²) in [6, 6.07) is 21.9. The van der Waals surface area contributed by atoms with Gasteiger partial charge in [0.25, 0.3) is 0 Å². The summed E-state index contributed by atoms with van der Waals surface area (Å²) in [6.45, 7) is 2.95. The van der Waals surface area contributed by atoms with Crippen molar-refractivity contribution >= 4 is 10.8 Å². The quantitative estimate of drug-likeness (QED) is 0.143. The zero-order chi connectivity index (χ0) is 24.6. The summed E-state index contributed by atoms with van der Waals surface area (Å²) in [4.78, 5) is 0. The molecule has 0 bridgehead atoms. The zero-order valence-corrected chi connectivity index (χ0v) is 19.7. The van der Waals surface area contributed by atoms with Crippen LogP contribution >= 0.6 is 0 Å². The van der Waals surface area contributed by atoms with Crippen molar-refractivity contribution in [2.75, 3.05) is 6.61 Å². The van der Waals surface area contributed by atoms with Crippen LogP contribution in [0.3, 0.4) is 0 Å². The largest absolute Gasteiger partial charge is 0.494 e. The van der Waals surface area contributed by atoms with Crippen LogP contribution in [-0.2, 0) is 12.8 Å². The molecule has 0 heterocycles. The Morgan fingerprint density at radius 1 is 0.686 bits per heavy atom. The maximum atomic E-state index is 13.9. The lowest BCUT2D eigenvalue weighted by Crippen LogP contribution is -1.97. The molecule has 0 aliphatic carbocycles. The highest BCUT2D eigenvalue weighted by molar-refractivity contribution is 5.84. The van der Waals surface area contributed by atoms with Gasteiger partial charge in [0.15, 0.2) is 17.5 Å². The van der Waals surface area contributed by atoms with Crippen LogP contribution in [0, 0.1) is 29.3 Å². The first-order valence-electron chi connectivity index (χ1n) is 11.9. The highest BCUT2D eigenvalue weighted by Crippen LogP contribution is 2.24. The molecule has 4 rings (SSSR count). The molecule has 4 heteroatoms. The Kier molecular flexibility index (Phi) is 8.11. The topological polar surface area (TPSA) is 9.23 Å². The number of rotatable bonds is 8. The van der Waals surface area contributed by atoms with E-state index in [1.807, 2.05) is 24.3 Å². The Morgan fingerprint density at radius 3 is 2.00 bits per heavy atom. The van der Waals surface area contributed by atoms with E-state index < -0.39 is 17.5 Å². The van der Waals surface area contributed by atoms with E-state index in [0.29, 0.717) is 5.56 Å². The number of aryl methyl sites for hydroxylation is 2. The maximum absolute atomic E-state index is 13.9. The van der Waals surface area contributed by atoms with Crippen molar-refractivity contribution in [1.29, 1.82) is 0 Å². The van der Waals surface area contributed by atoms with E-state index in [1.54, 1.807) is 12.1 Å². The van der Waals surface area contributed by atoms with Crippen molar-refractivity contribution < 1.29 is 17.9 Å². The predicted molar refractivity (Wildman–Crippen MR) is 135 cm³/mol. The van der Waals surface area contributed by atoms with Gasteiger partial charge < -0.3 is 4.74 Å². The molecule has 0 saturated heterocycles. The van der Waals surface area contributed by atoms with E-state index in [2.05, 4.69) is 43.0 Å². The minimum Gasteiger partial charge on any atom is -0.494 e. The molecule has 0 spiro atoms. The highest BCUT2D eigenvalue weighted by atomic mass is 19.2. The number of fused-ring (bicyclic) bond motifs is 1. The Morgan fingerprint density at radius 2 is 1.31 bits per heavy atom. The molecule has 4 aromatic carbocycles. The van der Waals surface area contributed by atoms with Crippen LogP contribution in [0.15, 0.2) is 72.8 Å². The first-order chi connectivity index (χ1) is 17.0. The fourth-order valence-electron chi connectivity index (χ4n) is 3.86. The van der Waals surface area contributed by atoms with Gasteiger partial charge in [-0.1, -0.05) is 61.9 Å².